The number of nitrogens with one attached hydrogen (secondary N) is 1. The predicted molar refractivity (Wildman–Crippen MR) is 109 cm³/mol. The molecular weight excluding hydrogens is 326 g/mol. The van der Waals surface area contributed by atoms with E-state index in [1.54, 1.807) is 0 Å². The van der Waals surface area contributed by atoms with Gasteiger partial charge < -0.3 is 5.32 Å². The van der Waals surface area contributed by atoms with Gasteiger partial charge in [0, 0.05) is 12.0 Å². The fourth-order valence-electron chi connectivity index (χ4n) is 3.20. The van der Waals surface area contributed by atoms with Crippen LogP contribution in [0.2, 0.25) is 0 Å². The number of benzene rings is 3. The third-order valence-electron chi connectivity index (χ3n) is 4.59. The van der Waals surface area contributed by atoms with Gasteiger partial charge in [-0.3, -0.25) is 0 Å². The molecule has 130 valence electrons. The van der Waals surface area contributed by atoms with Gasteiger partial charge in [-0.1, -0.05) is 91.0 Å². The molecule has 0 saturated carbocycles. The highest BCUT2D eigenvalue weighted by molar-refractivity contribution is 5.85. The number of hydrogen-bond acceptors (Lipinski definition) is 1. The summed E-state index contributed by atoms with van der Waals surface area (Å²) in [4.78, 5) is 0. The Morgan fingerprint density at radius 3 is 1.48 bits per heavy atom. The molecule has 0 spiro atoms. The molecule has 0 saturated heterocycles. The van der Waals surface area contributed by atoms with Crippen molar-refractivity contribution in [1.82, 2.24) is 5.32 Å². The first-order valence-corrected chi connectivity index (χ1v) is 8.73. The molecule has 0 aliphatic rings. The van der Waals surface area contributed by atoms with Gasteiger partial charge in [0.05, 0.1) is 0 Å². The zero-order valence-electron chi connectivity index (χ0n) is 14.6. The second-order valence-electron chi connectivity index (χ2n) is 6.25. The Morgan fingerprint density at radius 1 is 0.640 bits per heavy atom. The molecule has 0 amide bonds. The number of rotatable bonds is 7. The van der Waals surface area contributed by atoms with Crippen LogP contribution >= 0.6 is 12.4 Å². The molecule has 2 heteroatoms. The summed E-state index contributed by atoms with van der Waals surface area (Å²) >= 11 is 0. The van der Waals surface area contributed by atoms with Gasteiger partial charge in [-0.25, -0.2) is 0 Å². The van der Waals surface area contributed by atoms with E-state index in [1.165, 1.54) is 16.7 Å². The maximum atomic E-state index is 3.67. The van der Waals surface area contributed by atoms with Crippen molar-refractivity contribution in [2.24, 2.45) is 0 Å². The fourth-order valence-corrected chi connectivity index (χ4v) is 3.20. The highest BCUT2D eigenvalue weighted by Gasteiger charge is 2.14. The van der Waals surface area contributed by atoms with Crippen LogP contribution < -0.4 is 5.32 Å². The van der Waals surface area contributed by atoms with Gasteiger partial charge in [0.1, 0.15) is 0 Å². The van der Waals surface area contributed by atoms with Crippen LogP contribution in [0.15, 0.2) is 91.0 Å². The first-order chi connectivity index (χ1) is 11.8. The zero-order valence-corrected chi connectivity index (χ0v) is 15.5. The molecule has 1 nitrogen and oxygen atoms in total. The summed E-state index contributed by atoms with van der Waals surface area (Å²) in [5.41, 5.74) is 4.12. The molecule has 0 radical (unpaired) electrons. The minimum Gasteiger partial charge on any atom is -0.310 e. The molecular formula is C23H26ClN. The summed E-state index contributed by atoms with van der Waals surface area (Å²) in [5.74, 6) is 0.433. The van der Waals surface area contributed by atoms with E-state index in [-0.39, 0.29) is 12.4 Å². The van der Waals surface area contributed by atoms with E-state index >= 15 is 0 Å². The van der Waals surface area contributed by atoms with E-state index in [0.717, 1.165) is 13.0 Å². The van der Waals surface area contributed by atoms with Crippen molar-refractivity contribution < 1.29 is 0 Å². The second kappa shape index (κ2) is 10.0. The largest absolute Gasteiger partial charge is 0.310 e. The highest BCUT2D eigenvalue weighted by atomic mass is 35.5. The minimum atomic E-state index is 0. The summed E-state index contributed by atoms with van der Waals surface area (Å²) in [6.07, 6.45) is 1.09. The topological polar surface area (TPSA) is 12.0 Å². The summed E-state index contributed by atoms with van der Waals surface area (Å²) in [7, 11) is 0. The molecule has 0 aromatic heterocycles. The maximum absolute atomic E-state index is 3.67. The Morgan fingerprint density at radius 2 is 1.04 bits per heavy atom. The second-order valence-corrected chi connectivity index (χ2v) is 6.25. The van der Waals surface area contributed by atoms with E-state index in [2.05, 4.69) is 103 Å². The van der Waals surface area contributed by atoms with Crippen LogP contribution in [0, 0.1) is 0 Å². The highest BCUT2D eigenvalue weighted by Crippen LogP contribution is 2.27. The molecule has 0 fully saturated rings. The Bertz CT molecular complexity index is 673. The lowest BCUT2D eigenvalue weighted by Gasteiger charge is -2.20. The summed E-state index contributed by atoms with van der Waals surface area (Å²) < 4.78 is 0. The molecule has 0 unspecified atom stereocenters. The minimum absolute atomic E-state index is 0. The fraction of sp³-hybridized carbons (Fsp3) is 0.217. The molecule has 3 rings (SSSR count). The van der Waals surface area contributed by atoms with Gasteiger partial charge in [0.25, 0.3) is 0 Å². The monoisotopic (exact) mass is 351 g/mol. The lowest BCUT2D eigenvalue weighted by molar-refractivity contribution is 0.540. The average molecular weight is 352 g/mol. The van der Waals surface area contributed by atoms with Gasteiger partial charge in [0.15, 0.2) is 0 Å². The molecule has 0 bridgehead atoms. The Balaban J connectivity index is 0.00000225. The van der Waals surface area contributed by atoms with Crippen LogP contribution in [0.25, 0.3) is 0 Å². The third kappa shape index (κ3) is 5.45. The van der Waals surface area contributed by atoms with E-state index in [1.807, 2.05) is 0 Å². The van der Waals surface area contributed by atoms with Crippen molar-refractivity contribution in [2.75, 3.05) is 6.54 Å². The van der Waals surface area contributed by atoms with E-state index in [0.29, 0.717) is 12.0 Å². The van der Waals surface area contributed by atoms with Crippen molar-refractivity contribution >= 4 is 12.4 Å². The molecule has 0 aliphatic heterocycles. The normalized spacial score (nSPS) is 11.8. The Labute approximate surface area is 157 Å². The van der Waals surface area contributed by atoms with Gasteiger partial charge in [-0.05, 0) is 36.6 Å². The van der Waals surface area contributed by atoms with E-state index in [9.17, 15) is 0 Å². The molecule has 0 aliphatic carbocycles. The SMILES string of the molecule is C[C@@H](NCCC(c1ccccc1)c1ccccc1)c1ccccc1.Cl. The van der Waals surface area contributed by atoms with Crippen LogP contribution in [-0.4, -0.2) is 6.54 Å². The Kier molecular flexibility index (Phi) is 7.72. The lowest BCUT2D eigenvalue weighted by atomic mass is 9.88. The van der Waals surface area contributed by atoms with Crippen LogP contribution in [0.1, 0.15) is 42.0 Å². The van der Waals surface area contributed by atoms with Gasteiger partial charge in [0.2, 0.25) is 0 Å². The maximum Gasteiger partial charge on any atom is 0.0291 e. The molecule has 25 heavy (non-hydrogen) atoms. The smallest absolute Gasteiger partial charge is 0.0291 e. The van der Waals surface area contributed by atoms with Crippen molar-refractivity contribution in [3.63, 3.8) is 0 Å². The molecule has 0 heterocycles. The lowest BCUT2D eigenvalue weighted by Crippen LogP contribution is -2.21. The van der Waals surface area contributed by atoms with Crippen LogP contribution in [0.4, 0.5) is 0 Å². The Hall–Kier alpha value is -2.09. The number of hydrogen-bond donors (Lipinski definition) is 1. The summed E-state index contributed by atoms with van der Waals surface area (Å²) in [6.45, 7) is 3.22. The first kappa shape index (κ1) is 19.2. The van der Waals surface area contributed by atoms with Gasteiger partial charge in [-0.2, -0.15) is 0 Å². The van der Waals surface area contributed by atoms with Crippen molar-refractivity contribution in [1.29, 1.82) is 0 Å². The van der Waals surface area contributed by atoms with Gasteiger partial charge >= 0.3 is 0 Å². The number of halogens is 1. The molecule has 3 aromatic carbocycles. The van der Waals surface area contributed by atoms with Crippen molar-refractivity contribution in [3.8, 4) is 0 Å². The average Bonchev–Trinajstić information content (AvgIpc) is 2.67. The van der Waals surface area contributed by atoms with Crippen molar-refractivity contribution in [2.45, 2.75) is 25.3 Å². The van der Waals surface area contributed by atoms with E-state index < -0.39 is 0 Å². The molecule has 3 aromatic rings. The molecule has 1 N–H and O–H groups in total. The van der Waals surface area contributed by atoms with Crippen LogP contribution in [-0.2, 0) is 0 Å². The summed E-state index contributed by atoms with van der Waals surface area (Å²) in [6, 6.07) is 32.6. The quantitative estimate of drug-likeness (QED) is 0.552. The standard InChI is InChI=1S/C23H25N.ClH/c1-19(20-11-5-2-6-12-20)24-18-17-23(21-13-7-3-8-14-21)22-15-9-4-10-16-22;/h2-16,19,23-24H,17-18H2,1H3;1H/t19-;/m1./s1. The van der Waals surface area contributed by atoms with Crippen LogP contribution in [0.3, 0.4) is 0 Å². The van der Waals surface area contributed by atoms with Crippen LogP contribution in [0.5, 0.6) is 0 Å². The van der Waals surface area contributed by atoms with Gasteiger partial charge in [-0.15, -0.1) is 12.4 Å². The molecule has 1 atom stereocenters. The third-order valence-corrected chi connectivity index (χ3v) is 4.59. The van der Waals surface area contributed by atoms with Crippen molar-refractivity contribution in [3.05, 3.63) is 108 Å². The zero-order chi connectivity index (χ0) is 16.6. The first-order valence-electron chi connectivity index (χ1n) is 8.73. The predicted octanol–water partition coefficient (Wildman–Crippen LogP) is 5.98. The van der Waals surface area contributed by atoms with E-state index in [4.69, 9.17) is 0 Å². The summed E-state index contributed by atoms with van der Waals surface area (Å²) in [5, 5.41) is 3.67.